The second-order valence-electron chi connectivity index (χ2n) is 5.18. The highest BCUT2D eigenvalue weighted by Gasteiger charge is 2.18. The highest BCUT2D eigenvalue weighted by Crippen LogP contribution is 2.25. The quantitative estimate of drug-likeness (QED) is 0.922. The van der Waals surface area contributed by atoms with Crippen molar-refractivity contribution in [2.24, 2.45) is 0 Å². The molecular weight excluding hydrogens is 252 g/mol. The van der Waals surface area contributed by atoms with Crippen LogP contribution in [-0.2, 0) is 6.54 Å². The third-order valence-corrected chi connectivity index (χ3v) is 3.86. The Kier molecular flexibility index (Phi) is 3.97. The average Bonchev–Trinajstić information content (AvgIpc) is 2.97. The van der Waals surface area contributed by atoms with Crippen molar-refractivity contribution in [3.05, 3.63) is 42.1 Å². The number of methoxy groups -OCH3 is 1. The number of piperidine rings is 1. The van der Waals surface area contributed by atoms with Crippen LogP contribution in [0.25, 0.3) is 0 Å². The summed E-state index contributed by atoms with van der Waals surface area (Å²) in [7, 11) is 1.63. The maximum atomic E-state index is 5.09. The number of pyridine rings is 1. The lowest BCUT2D eigenvalue weighted by Crippen LogP contribution is -2.27. The lowest BCUT2D eigenvalue weighted by Gasteiger charge is -2.23. The molecule has 2 aromatic heterocycles. The van der Waals surface area contributed by atoms with E-state index in [1.807, 2.05) is 24.8 Å². The van der Waals surface area contributed by atoms with Crippen molar-refractivity contribution in [1.29, 1.82) is 0 Å². The van der Waals surface area contributed by atoms with Gasteiger partial charge in [0.15, 0.2) is 0 Å². The summed E-state index contributed by atoms with van der Waals surface area (Å²) in [5.74, 6) is 1.27. The van der Waals surface area contributed by atoms with Gasteiger partial charge >= 0.3 is 0 Å². The lowest BCUT2D eigenvalue weighted by atomic mass is 9.95. The molecule has 1 aliphatic heterocycles. The molecule has 106 valence electrons. The van der Waals surface area contributed by atoms with Gasteiger partial charge in [-0.25, -0.2) is 9.97 Å². The molecule has 5 heteroatoms. The molecule has 20 heavy (non-hydrogen) atoms. The molecule has 5 nitrogen and oxygen atoms in total. The highest BCUT2D eigenvalue weighted by molar-refractivity contribution is 5.19. The van der Waals surface area contributed by atoms with E-state index in [1.54, 1.807) is 7.11 Å². The number of rotatable bonds is 4. The largest absolute Gasteiger partial charge is 0.481 e. The van der Waals surface area contributed by atoms with Crippen molar-refractivity contribution in [3.8, 4) is 5.88 Å². The Morgan fingerprint density at radius 2 is 2.15 bits per heavy atom. The molecule has 0 spiro atoms. The molecular formula is C15H20N4O. The van der Waals surface area contributed by atoms with Gasteiger partial charge in [-0.3, -0.25) is 0 Å². The van der Waals surface area contributed by atoms with Gasteiger partial charge in [-0.05, 0) is 31.5 Å². The van der Waals surface area contributed by atoms with E-state index in [1.165, 1.54) is 24.1 Å². The number of ether oxygens (including phenoxy) is 1. The summed E-state index contributed by atoms with van der Waals surface area (Å²) in [6.07, 6.45) is 8.17. The van der Waals surface area contributed by atoms with Crippen LogP contribution < -0.4 is 10.1 Å². The number of hydrogen-bond acceptors (Lipinski definition) is 4. The van der Waals surface area contributed by atoms with Gasteiger partial charge in [-0.2, -0.15) is 0 Å². The van der Waals surface area contributed by atoms with Gasteiger partial charge in [0.1, 0.15) is 0 Å². The van der Waals surface area contributed by atoms with Crippen LogP contribution >= 0.6 is 0 Å². The van der Waals surface area contributed by atoms with E-state index in [-0.39, 0.29) is 0 Å². The van der Waals surface area contributed by atoms with Gasteiger partial charge in [0, 0.05) is 30.1 Å². The van der Waals surface area contributed by atoms with Gasteiger partial charge < -0.3 is 14.6 Å². The Balaban J connectivity index is 1.75. The van der Waals surface area contributed by atoms with Crippen LogP contribution in [0.15, 0.2) is 30.9 Å². The standard InChI is InChI=1S/C15H20N4O/c1-20-15-3-2-12(8-18-15)10-19-11-17-9-14(19)13-4-6-16-7-5-13/h2-3,8-9,11,13,16H,4-7,10H2,1H3. The molecule has 0 amide bonds. The third-order valence-electron chi connectivity index (χ3n) is 3.86. The van der Waals surface area contributed by atoms with Crippen LogP contribution in [0.4, 0.5) is 0 Å². The highest BCUT2D eigenvalue weighted by atomic mass is 16.5. The first kappa shape index (κ1) is 13.1. The topological polar surface area (TPSA) is 52.0 Å². The smallest absolute Gasteiger partial charge is 0.212 e. The fourth-order valence-electron chi connectivity index (χ4n) is 2.74. The maximum Gasteiger partial charge on any atom is 0.212 e. The molecule has 1 N–H and O–H groups in total. The van der Waals surface area contributed by atoms with Crippen LogP contribution in [0, 0.1) is 0 Å². The SMILES string of the molecule is COc1ccc(Cn2cncc2C2CCNCC2)cn1. The summed E-state index contributed by atoms with van der Waals surface area (Å²) in [6.45, 7) is 3.01. The molecule has 0 bridgehead atoms. The zero-order chi connectivity index (χ0) is 13.8. The minimum Gasteiger partial charge on any atom is -0.481 e. The normalized spacial score (nSPS) is 16.2. The van der Waals surface area contributed by atoms with Gasteiger partial charge in [0.25, 0.3) is 0 Å². The van der Waals surface area contributed by atoms with E-state index in [2.05, 4.69) is 25.9 Å². The summed E-state index contributed by atoms with van der Waals surface area (Å²) >= 11 is 0. The summed E-state index contributed by atoms with van der Waals surface area (Å²) in [5, 5.41) is 3.40. The Hall–Kier alpha value is -1.88. The van der Waals surface area contributed by atoms with Crippen molar-refractivity contribution >= 4 is 0 Å². The first-order valence-corrected chi connectivity index (χ1v) is 7.06. The van der Waals surface area contributed by atoms with Crippen molar-refractivity contribution in [2.45, 2.75) is 25.3 Å². The molecule has 0 aliphatic carbocycles. The first-order valence-electron chi connectivity index (χ1n) is 7.06. The summed E-state index contributed by atoms with van der Waals surface area (Å²) in [4.78, 5) is 8.58. The van der Waals surface area contributed by atoms with Crippen molar-refractivity contribution < 1.29 is 4.74 Å². The predicted octanol–water partition coefficient (Wildman–Crippen LogP) is 1.80. The van der Waals surface area contributed by atoms with Crippen LogP contribution in [0.1, 0.15) is 30.0 Å². The third kappa shape index (κ3) is 2.82. The van der Waals surface area contributed by atoms with Crippen molar-refractivity contribution in [2.75, 3.05) is 20.2 Å². The summed E-state index contributed by atoms with van der Waals surface area (Å²) in [6, 6.07) is 3.95. The number of aromatic nitrogens is 3. The van der Waals surface area contributed by atoms with E-state index in [4.69, 9.17) is 4.74 Å². The van der Waals surface area contributed by atoms with Crippen LogP contribution in [0.5, 0.6) is 5.88 Å². The molecule has 0 atom stereocenters. The van der Waals surface area contributed by atoms with E-state index >= 15 is 0 Å². The van der Waals surface area contributed by atoms with Gasteiger partial charge in [0.05, 0.1) is 20.0 Å². The molecule has 0 unspecified atom stereocenters. The molecule has 0 radical (unpaired) electrons. The zero-order valence-electron chi connectivity index (χ0n) is 11.7. The molecule has 3 rings (SSSR count). The fraction of sp³-hybridized carbons (Fsp3) is 0.467. The Labute approximate surface area is 119 Å². The number of nitrogens with one attached hydrogen (secondary N) is 1. The summed E-state index contributed by atoms with van der Waals surface area (Å²) in [5.41, 5.74) is 2.50. The predicted molar refractivity (Wildman–Crippen MR) is 77.0 cm³/mol. The van der Waals surface area contributed by atoms with Crippen molar-refractivity contribution in [3.63, 3.8) is 0 Å². The van der Waals surface area contributed by atoms with E-state index in [9.17, 15) is 0 Å². The van der Waals surface area contributed by atoms with Gasteiger partial charge in [-0.1, -0.05) is 6.07 Å². The minimum absolute atomic E-state index is 0.616. The average molecular weight is 272 g/mol. The maximum absolute atomic E-state index is 5.09. The van der Waals surface area contributed by atoms with Gasteiger partial charge in [0.2, 0.25) is 5.88 Å². The number of hydrogen-bond donors (Lipinski definition) is 1. The monoisotopic (exact) mass is 272 g/mol. The number of imidazole rings is 1. The molecule has 1 fully saturated rings. The van der Waals surface area contributed by atoms with Crippen LogP contribution in [-0.4, -0.2) is 34.7 Å². The fourth-order valence-corrected chi connectivity index (χ4v) is 2.74. The molecule has 0 aromatic carbocycles. The minimum atomic E-state index is 0.616. The molecule has 1 aliphatic rings. The Morgan fingerprint density at radius 1 is 1.30 bits per heavy atom. The second kappa shape index (κ2) is 6.05. The molecule has 2 aromatic rings. The molecule has 3 heterocycles. The molecule has 0 saturated carbocycles. The van der Waals surface area contributed by atoms with Crippen LogP contribution in [0.2, 0.25) is 0 Å². The van der Waals surface area contributed by atoms with Crippen LogP contribution in [0.3, 0.4) is 0 Å². The summed E-state index contributed by atoms with van der Waals surface area (Å²) < 4.78 is 7.32. The number of nitrogens with zero attached hydrogens (tertiary/aromatic N) is 3. The first-order chi connectivity index (χ1) is 9.86. The lowest BCUT2D eigenvalue weighted by molar-refractivity contribution is 0.397. The molecule has 1 saturated heterocycles. The van der Waals surface area contributed by atoms with Gasteiger partial charge in [-0.15, -0.1) is 0 Å². The van der Waals surface area contributed by atoms with E-state index in [0.29, 0.717) is 11.8 Å². The second-order valence-corrected chi connectivity index (χ2v) is 5.18. The Bertz CT molecular complexity index is 543. The Morgan fingerprint density at radius 3 is 2.85 bits per heavy atom. The zero-order valence-corrected chi connectivity index (χ0v) is 11.7. The van der Waals surface area contributed by atoms with E-state index in [0.717, 1.165) is 19.6 Å². The van der Waals surface area contributed by atoms with Crippen molar-refractivity contribution in [1.82, 2.24) is 19.9 Å². The van der Waals surface area contributed by atoms with E-state index < -0.39 is 0 Å².